The van der Waals surface area contributed by atoms with Crippen molar-refractivity contribution in [2.75, 3.05) is 19.7 Å². The quantitative estimate of drug-likeness (QED) is 0.643. The van der Waals surface area contributed by atoms with Gasteiger partial charge in [-0.2, -0.15) is 9.40 Å². The lowest BCUT2D eigenvalue weighted by molar-refractivity contribution is 0.0517. The molecule has 0 bridgehead atoms. The van der Waals surface area contributed by atoms with Crippen LogP contribution in [0.15, 0.2) is 35.2 Å². The third-order valence-electron chi connectivity index (χ3n) is 5.20. The van der Waals surface area contributed by atoms with Crippen LogP contribution in [0.3, 0.4) is 0 Å². The van der Waals surface area contributed by atoms with E-state index in [1.165, 1.54) is 0 Å². The third kappa shape index (κ3) is 4.70. The first-order chi connectivity index (χ1) is 13.9. The van der Waals surface area contributed by atoms with Crippen LogP contribution in [-0.4, -0.2) is 48.2 Å². The maximum Gasteiger partial charge on any atom is 0.358 e. The molecule has 7 nitrogen and oxygen atoms in total. The zero-order chi connectivity index (χ0) is 21.0. The number of sulfonamides is 1. The van der Waals surface area contributed by atoms with E-state index < -0.39 is 16.0 Å². The molecule has 0 atom stereocenters. The van der Waals surface area contributed by atoms with Gasteiger partial charge in [0.05, 0.1) is 17.5 Å². The molecule has 2 heterocycles. The van der Waals surface area contributed by atoms with Crippen LogP contribution < -0.4 is 0 Å². The van der Waals surface area contributed by atoms with Crippen molar-refractivity contribution < 1.29 is 17.9 Å². The summed E-state index contributed by atoms with van der Waals surface area (Å²) in [5, 5.41) is 4.50. The van der Waals surface area contributed by atoms with Crippen molar-refractivity contribution in [3.8, 4) is 0 Å². The molecule has 0 saturated carbocycles. The van der Waals surface area contributed by atoms with Crippen LogP contribution in [-0.2, 0) is 21.2 Å². The summed E-state index contributed by atoms with van der Waals surface area (Å²) < 4.78 is 34.5. The molecule has 0 amide bonds. The van der Waals surface area contributed by atoms with E-state index in [2.05, 4.69) is 12.0 Å². The number of rotatable bonds is 7. The van der Waals surface area contributed by atoms with E-state index in [1.54, 1.807) is 35.5 Å². The number of hydrogen-bond donors (Lipinski definition) is 0. The number of carbonyl (C=O) groups is 1. The predicted octanol–water partition coefficient (Wildman–Crippen LogP) is 3.35. The molecule has 29 heavy (non-hydrogen) atoms. The molecule has 1 aliphatic rings. The maximum absolute atomic E-state index is 13.0. The summed E-state index contributed by atoms with van der Waals surface area (Å²) in [6, 6.07) is 8.89. The molecule has 1 aliphatic heterocycles. The molecule has 1 aromatic heterocycles. The first-order valence-corrected chi connectivity index (χ1v) is 11.6. The molecular weight excluding hydrogens is 390 g/mol. The Bertz CT molecular complexity index is 960. The minimum absolute atomic E-state index is 0.0729. The first-order valence-electron chi connectivity index (χ1n) is 10.2. The zero-order valence-corrected chi connectivity index (χ0v) is 18.1. The van der Waals surface area contributed by atoms with Crippen LogP contribution in [0.1, 0.15) is 60.9 Å². The number of benzene rings is 1. The number of ether oxygens (including phenoxy) is 1. The van der Waals surface area contributed by atoms with Gasteiger partial charge in [0, 0.05) is 18.8 Å². The van der Waals surface area contributed by atoms with Crippen molar-refractivity contribution in [1.82, 2.24) is 14.1 Å². The van der Waals surface area contributed by atoms with Gasteiger partial charge < -0.3 is 4.74 Å². The van der Waals surface area contributed by atoms with Crippen molar-refractivity contribution in [2.24, 2.45) is 0 Å². The molecule has 0 spiro atoms. The predicted molar refractivity (Wildman–Crippen MR) is 110 cm³/mol. The molecule has 1 saturated heterocycles. The Morgan fingerprint density at radius 1 is 1.21 bits per heavy atom. The Morgan fingerprint density at radius 3 is 2.55 bits per heavy atom. The number of carbonyl (C=O) groups excluding carboxylic acids is 1. The molecule has 0 unspecified atom stereocenters. The highest BCUT2D eigenvalue weighted by molar-refractivity contribution is 7.89. The Labute approximate surface area is 172 Å². The van der Waals surface area contributed by atoms with Gasteiger partial charge in [-0.15, -0.1) is 0 Å². The standard InChI is InChI=1S/C21H29N3O4S/c1-4-7-18-15-20(21(25)28-5-2)22-24(18)17-10-12-23(13-11-17)29(26,27)19-9-6-8-16(3)14-19/h6,8-9,14-15,17H,4-5,7,10-13H2,1-3H3. The van der Waals surface area contributed by atoms with E-state index in [0.717, 1.165) is 24.1 Å². The summed E-state index contributed by atoms with van der Waals surface area (Å²) in [5.74, 6) is -0.414. The van der Waals surface area contributed by atoms with Crippen LogP contribution in [0.25, 0.3) is 0 Å². The maximum atomic E-state index is 13.0. The third-order valence-corrected chi connectivity index (χ3v) is 7.10. The number of hydrogen-bond acceptors (Lipinski definition) is 5. The fraction of sp³-hybridized carbons (Fsp3) is 0.524. The van der Waals surface area contributed by atoms with E-state index in [0.29, 0.717) is 43.1 Å². The second-order valence-corrected chi connectivity index (χ2v) is 9.33. The van der Waals surface area contributed by atoms with Gasteiger partial charge in [0.15, 0.2) is 5.69 Å². The minimum atomic E-state index is -3.50. The summed E-state index contributed by atoms with van der Waals surface area (Å²) in [5.41, 5.74) is 2.24. The molecule has 1 aromatic carbocycles. The average Bonchev–Trinajstić information content (AvgIpc) is 3.13. The van der Waals surface area contributed by atoms with Crippen LogP contribution in [0, 0.1) is 6.92 Å². The molecule has 0 radical (unpaired) electrons. The summed E-state index contributed by atoms with van der Waals surface area (Å²) in [6.07, 6.45) is 3.07. The van der Waals surface area contributed by atoms with Crippen molar-refractivity contribution in [3.05, 3.63) is 47.3 Å². The van der Waals surface area contributed by atoms with Gasteiger partial charge in [-0.25, -0.2) is 13.2 Å². The van der Waals surface area contributed by atoms with Gasteiger partial charge in [-0.05, 0) is 56.9 Å². The van der Waals surface area contributed by atoms with Crippen molar-refractivity contribution >= 4 is 16.0 Å². The van der Waals surface area contributed by atoms with E-state index in [4.69, 9.17) is 4.74 Å². The fourth-order valence-electron chi connectivity index (χ4n) is 3.75. The lowest BCUT2D eigenvalue weighted by Crippen LogP contribution is -2.39. The summed E-state index contributed by atoms with van der Waals surface area (Å²) in [4.78, 5) is 12.4. The molecule has 0 N–H and O–H groups in total. The van der Waals surface area contributed by atoms with Gasteiger partial charge in [-0.3, -0.25) is 4.68 Å². The van der Waals surface area contributed by atoms with E-state index in [1.807, 2.05) is 17.7 Å². The van der Waals surface area contributed by atoms with Crippen molar-refractivity contribution in [2.45, 2.75) is 57.4 Å². The molecule has 3 rings (SSSR count). The summed E-state index contributed by atoms with van der Waals surface area (Å²) in [7, 11) is -3.50. The Kier molecular flexibility index (Phi) is 6.74. The van der Waals surface area contributed by atoms with Crippen molar-refractivity contribution in [3.63, 3.8) is 0 Å². The number of aryl methyl sites for hydroxylation is 2. The van der Waals surface area contributed by atoms with E-state index in [9.17, 15) is 13.2 Å². The highest BCUT2D eigenvalue weighted by Gasteiger charge is 2.31. The van der Waals surface area contributed by atoms with E-state index in [-0.39, 0.29) is 6.04 Å². The van der Waals surface area contributed by atoms with Gasteiger partial charge in [0.2, 0.25) is 10.0 Å². The van der Waals surface area contributed by atoms with Gasteiger partial charge in [0.25, 0.3) is 0 Å². The smallest absolute Gasteiger partial charge is 0.358 e. The average molecular weight is 420 g/mol. The van der Waals surface area contributed by atoms with Gasteiger partial charge in [-0.1, -0.05) is 25.5 Å². The molecular formula is C21H29N3O4S. The summed E-state index contributed by atoms with van der Waals surface area (Å²) in [6.45, 7) is 6.91. The SMILES string of the molecule is CCCc1cc(C(=O)OCC)nn1C1CCN(S(=O)(=O)c2cccc(C)c2)CC1. The normalized spacial score (nSPS) is 16.1. The largest absolute Gasteiger partial charge is 0.461 e. The first kappa shape index (κ1) is 21.5. The number of nitrogens with zero attached hydrogens (tertiary/aromatic N) is 3. The zero-order valence-electron chi connectivity index (χ0n) is 17.3. The number of piperidine rings is 1. The Hall–Kier alpha value is -2.19. The molecule has 158 valence electrons. The van der Waals surface area contributed by atoms with Crippen LogP contribution in [0.5, 0.6) is 0 Å². The Balaban J connectivity index is 1.76. The monoisotopic (exact) mass is 419 g/mol. The molecule has 2 aromatic rings. The van der Waals surface area contributed by atoms with Crippen LogP contribution in [0.2, 0.25) is 0 Å². The Morgan fingerprint density at radius 2 is 1.93 bits per heavy atom. The lowest BCUT2D eigenvalue weighted by Gasteiger charge is -2.32. The number of aromatic nitrogens is 2. The second kappa shape index (κ2) is 9.09. The molecule has 0 aliphatic carbocycles. The highest BCUT2D eigenvalue weighted by Crippen LogP contribution is 2.28. The van der Waals surface area contributed by atoms with Crippen LogP contribution in [0.4, 0.5) is 0 Å². The van der Waals surface area contributed by atoms with Crippen molar-refractivity contribution in [1.29, 1.82) is 0 Å². The molecule has 1 fully saturated rings. The second-order valence-electron chi connectivity index (χ2n) is 7.39. The highest BCUT2D eigenvalue weighted by atomic mass is 32.2. The van der Waals surface area contributed by atoms with E-state index >= 15 is 0 Å². The van der Waals surface area contributed by atoms with Gasteiger partial charge in [0.1, 0.15) is 0 Å². The van der Waals surface area contributed by atoms with Gasteiger partial charge >= 0.3 is 5.97 Å². The fourth-order valence-corrected chi connectivity index (χ4v) is 5.32. The topological polar surface area (TPSA) is 81.5 Å². The molecule has 8 heteroatoms. The summed E-state index contributed by atoms with van der Waals surface area (Å²) >= 11 is 0. The van der Waals surface area contributed by atoms with Crippen LogP contribution >= 0.6 is 0 Å². The number of esters is 1. The minimum Gasteiger partial charge on any atom is -0.461 e. The lowest BCUT2D eigenvalue weighted by atomic mass is 10.1.